The fraction of sp³-hybridized carbons (Fsp3) is 0.909. The van der Waals surface area contributed by atoms with Crippen LogP contribution in [0.25, 0.3) is 0 Å². The number of hydrogen-bond donors (Lipinski definition) is 3. The van der Waals surface area contributed by atoms with Crippen LogP contribution in [-0.2, 0) is 9.53 Å². The van der Waals surface area contributed by atoms with Crippen molar-refractivity contribution in [1.82, 2.24) is 16.0 Å². The van der Waals surface area contributed by atoms with Crippen molar-refractivity contribution in [3.8, 4) is 0 Å². The Morgan fingerprint density at radius 1 is 1.44 bits per heavy atom. The Labute approximate surface area is 96.3 Å². The summed E-state index contributed by atoms with van der Waals surface area (Å²) in [5, 5.41) is 9.61. The number of hydrogen-bond acceptors (Lipinski definition) is 4. The molecule has 5 nitrogen and oxygen atoms in total. The molecule has 0 aliphatic carbocycles. The SMILES string of the molecule is CC1CNC(C(=O)NC2(C)CCOC2)CN1. The molecule has 2 fully saturated rings. The number of nitrogens with one attached hydrogen (secondary N) is 3. The molecule has 3 unspecified atom stereocenters. The van der Waals surface area contributed by atoms with Gasteiger partial charge in [0.05, 0.1) is 18.2 Å². The van der Waals surface area contributed by atoms with E-state index in [1.165, 1.54) is 0 Å². The molecule has 0 aromatic rings. The predicted octanol–water partition coefficient (Wildman–Crippen LogP) is -0.768. The van der Waals surface area contributed by atoms with Crippen molar-refractivity contribution >= 4 is 5.91 Å². The summed E-state index contributed by atoms with van der Waals surface area (Å²) in [6.45, 7) is 7.04. The Morgan fingerprint density at radius 3 is 2.81 bits per heavy atom. The van der Waals surface area contributed by atoms with Gasteiger partial charge in [-0.05, 0) is 20.3 Å². The lowest BCUT2D eigenvalue weighted by Crippen LogP contribution is -2.61. The average Bonchev–Trinajstić information content (AvgIpc) is 2.65. The fourth-order valence-electron chi connectivity index (χ4n) is 2.12. The molecule has 0 saturated carbocycles. The van der Waals surface area contributed by atoms with Crippen molar-refractivity contribution in [3.63, 3.8) is 0 Å². The molecule has 0 bridgehead atoms. The molecule has 0 radical (unpaired) electrons. The van der Waals surface area contributed by atoms with Crippen LogP contribution in [-0.4, -0.2) is 49.8 Å². The molecule has 2 aliphatic rings. The van der Waals surface area contributed by atoms with Crippen molar-refractivity contribution in [3.05, 3.63) is 0 Å². The summed E-state index contributed by atoms with van der Waals surface area (Å²) in [5.74, 6) is 0.0763. The van der Waals surface area contributed by atoms with Crippen LogP contribution in [0.2, 0.25) is 0 Å². The summed E-state index contributed by atoms with van der Waals surface area (Å²) in [7, 11) is 0. The highest BCUT2D eigenvalue weighted by Gasteiger charge is 2.34. The van der Waals surface area contributed by atoms with Crippen LogP contribution in [0.3, 0.4) is 0 Å². The quantitative estimate of drug-likeness (QED) is 0.580. The van der Waals surface area contributed by atoms with Crippen molar-refractivity contribution in [1.29, 1.82) is 0 Å². The summed E-state index contributed by atoms with van der Waals surface area (Å²) in [4.78, 5) is 12.0. The van der Waals surface area contributed by atoms with E-state index in [-0.39, 0.29) is 17.5 Å². The molecule has 16 heavy (non-hydrogen) atoms. The van der Waals surface area contributed by atoms with Crippen LogP contribution in [0.1, 0.15) is 20.3 Å². The van der Waals surface area contributed by atoms with Crippen molar-refractivity contribution in [2.24, 2.45) is 0 Å². The molecular formula is C11H21N3O2. The van der Waals surface area contributed by atoms with E-state index >= 15 is 0 Å². The lowest BCUT2D eigenvalue weighted by Gasteiger charge is -2.31. The number of carbonyl (C=O) groups is 1. The van der Waals surface area contributed by atoms with Crippen LogP contribution in [0.4, 0.5) is 0 Å². The van der Waals surface area contributed by atoms with E-state index in [0.717, 1.165) is 19.6 Å². The van der Waals surface area contributed by atoms with Gasteiger partial charge >= 0.3 is 0 Å². The lowest BCUT2D eigenvalue weighted by molar-refractivity contribution is -0.125. The van der Waals surface area contributed by atoms with Gasteiger partial charge in [0, 0.05) is 25.7 Å². The van der Waals surface area contributed by atoms with E-state index in [2.05, 4.69) is 22.9 Å². The molecule has 1 amide bonds. The van der Waals surface area contributed by atoms with Gasteiger partial charge in [0.2, 0.25) is 5.91 Å². The van der Waals surface area contributed by atoms with E-state index in [4.69, 9.17) is 4.74 Å². The standard InChI is InChI=1S/C11H21N3O2/c1-8-5-13-9(6-12-8)10(15)14-11(2)3-4-16-7-11/h8-9,12-13H,3-7H2,1-2H3,(H,14,15). The molecular weight excluding hydrogens is 206 g/mol. The molecule has 0 aromatic heterocycles. The summed E-state index contributed by atoms with van der Waals surface area (Å²) in [6, 6.07) is 0.322. The summed E-state index contributed by atoms with van der Waals surface area (Å²) in [5.41, 5.74) is -0.179. The number of carbonyl (C=O) groups excluding carboxylic acids is 1. The minimum atomic E-state index is -0.179. The first-order valence-electron chi connectivity index (χ1n) is 5.96. The third-order valence-electron chi connectivity index (χ3n) is 3.30. The minimum Gasteiger partial charge on any atom is -0.379 e. The van der Waals surface area contributed by atoms with Crippen LogP contribution in [0.5, 0.6) is 0 Å². The monoisotopic (exact) mass is 227 g/mol. The maximum atomic E-state index is 12.0. The summed E-state index contributed by atoms with van der Waals surface area (Å²) >= 11 is 0. The van der Waals surface area contributed by atoms with Gasteiger partial charge in [-0.1, -0.05) is 0 Å². The normalized spacial score (nSPS) is 39.6. The van der Waals surface area contributed by atoms with Crippen LogP contribution in [0, 0.1) is 0 Å². The third-order valence-corrected chi connectivity index (χ3v) is 3.30. The predicted molar refractivity (Wildman–Crippen MR) is 61.2 cm³/mol. The molecule has 3 atom stereocenters. The maximum absolute atomic E-state index is 12.0. The fourth-order valence-corrected chi connectivity index (χ4v) is 2.12. The Kier molecular flexibility index (Phi) is 3.47. The van der Waals surface area contributed by atoms with Crippen molar-refractivity contribution in [2.45, 2.75) is 37.9 Å². The van der Waals surface area contributed by atoms with Gasteiger partial charge in [0.25, 0.3) is 0 Å². The number of rotatable bonds is 2. The van der Waals surface area contributed by atoms with Gasteiger partial charge in [-0.3, -0.25) is 4.79 Å². The smallest absolute Gasteiger partial charge is 0.238 e. The average molecular weight is 227 g/mol. The zero-order valence-electron chi connectivity index (χ0n) is 10.0. The number of ether oxygens (including phenoxy) is 1. The molecule has 2 heterocycles. The topological polar surface area (TPSA) is 62.4 Å². The second-order valence-corrected chi connectivity index (χ2v) is 5.12. The highest BCUT2D eigenvalue weighted by Crippen LogP contribution is 2.17. The molecule has 2 saturated heterocycles. The third kappa shape index (κ3) is 2.72. The Balaban J connectivity index is 1.83. The molecule has 3 N–H and O–H groups in total. The molecule has 0 aromatic carbocycles. The van der Waals surface area contributed by atoms with Gasteiger partial charge < -0.3 is 20.7 Å². The highest BCUT2D eigenvalue weighted by molar-refractivity contribution is 5.83. The second kappa shape index (κ2) is 4.69. The van der Waals surface area contributed by atoms with E-state index in [1.807, 2.05) is 6.92 Å². The van der Waals surface area contributed by atoms with Gasteiger partial charge in [-0.25, -0.2) is 0 Å². The van der Waals surface area contributed by atoms with Gasteiger partial charge in [0.1, 0.15) is 0 Å². The highest BCUT2D eigenvalue weighted by atomic mass is 16.5. The van der Waals surface area contributed by atoms with Gasteiger partial charge in [-0.2, -0.15) is 0 Å². The second-order valence-electron chi connectivity index (χ2n) is 5.12. The van der Waals surface area contributed by atoms with Gasteiger partial charge in [-0.15, -0.1) is 0 Å². The molecule has 92 valence electrons. The Bertz CT molecular complexity index is 256. The molecule has 0 spiro atoms. The molecule has 2 aliphatic heterocycles. The van der Waals surface area contributed by atoms with E-state index in [1.54, 1.807) is 0 Å². The zero-order chi connectivity index (χ0) is 11.6. The summed E-state index contributed by atoms with van der Waals surface area (Å²) in [6.07, 6.45) is 0.898. The first kappa shape index (κ1) is 11.8. The first-order valence-corrected chi connectivity index (χ1v) is 5.96. The molecule has 2 rings (SSSR count). The lowest BCUT2D eigenvalue weighted by atomic mass is 10.0. The van der Waals surface area contributed by atoms with Crippen LogP contribution < -0.4 is 16.0 Å². The summed E-state index contributed by atoms with van der Waals surface area (Å²) < 4.78 is 5.31. The molecule has 5 heteroatoms. The zero-order valence-corrected chi connectivity index (χ0v) is 10.0. The Hall–Kier alpha value is -0.650. The van der Waals surface area contributed by atoms with Gasteiger partial charge in [0.15, 0.2) is 0 Å². The van der Waals surface area contributed by atoms with Crippen LogP contribution >= 0.6 is 0 Å². The number of amides is 1. The largest absolute Gasteiger partial charge is 0.379 e. The minimum absolute atomic E-state index is 0.0763. The van der Waals surface area contributed by atoms with Crippen LogP contribution in [0.15, 0.2) is 0 Å². The van der Waals surface area contributed by atoms with E-state index in [9.17, 15) is 4.79 Å². The van der Waals surface area contributed by atoms with Crippen molar-refractivity contribution in [2.75, 3.05) is 26.3 Å². The first-order chi connectivity index (χ1) is 7.59. The maximum Gasteiger partial charge on any atom is 0.238 e. The Morgan fingerprint density at radius 2 is 2.25 bits per heavy atom. The number of piperazine rings is 1. The van der Waals surface area contributed by atoms with E-state index in [0.29, 0.717) is 19.2 Å². The van der Waals surface area contributed by atoms with E-state index < -0.39 is 0 Å². The van der Waals surface area contributed by atoms with Crippen molar-refractivity contribution < 1.29 is 9.53 Å².